The monoisotopic (exact) mass is 1060 g/mol. The van der Waals surface area contributed by atoms with Gasteiger partial charge in [0.15, 0.2) is 11.3 Å². The first kappa shape index (κ1) is 52.6. The molecule has 0 aliphatic carbocycles. The van der Waals surface area contributed by atoms with Gasteiger partial charge in [0, 0.05) is 99.9 Å². The Morgan fingerprint density at radius 2 is 1.13 bits per heavy atom. The second-order valence-corrected chi connectivity index (χ2v) is 33.2. The molecule has 7 heterocycles. The van der Waals surface area contributed by atoms with E-state index in [-0.39, 0.29) is 12.5 Å². The summed E-state index contributed by atoms with van der Waals surface area (Å²) in [6.07, 6.45) is 9.81. The molecule has 17 heteroatoms. The third-order valence-corrected chi connectivity index (χ3v) is 17.3. The van der Waals surface area contributed by atoms with E-state index in [2.05, 4.69) is 135 Å². The zero-order valence-electron chi connectivity index (χ0n) is 45.8. The number of methoxy groups -OCH3 is 2. The summed E-state index contributed by atoms with van der Waals surface area (Å²) in [6, 6.07) is 38.3. The summed E-state index contributed by atoms with van der Waals surface area (Å²) in [5.74, 6) is 2.39. The SMILES string of the molecule is COc1ccc2c(c1)c(-c1cc3c(ncc4cnc(-c5ccccc5)n43)n1COCC[Si](C)(C)C)cn2C.COc1ccc2c(c1)c(-c1cc3nc(CNC(=O)c4ccccc4)cnc3n1COCC[Si](C)(C)C)cn2C. The van der Waals surface area contributed by atoms with Gasteiger partial charge in [-0.2, -0.15) is 0 Å². The lowest BCUT2D eigenvalue weighted by molar-refractivity contribution is 0.0908. The topological polar surface area (TPSA) is 142 Å². The number of imidazole rings is 1. The molecule has 7 aromatic heterocycles. The second kappa shape index (κ2) is 22.0. The maximum atomic E-state index is 12.5. The first-order valence-corrected chi connectivity index (χ1v) is 33.5. The molecular weight excluding hydrogens is 997 g/mol. The van der Waals surface area contributed by atoms with E-state index >= 15 is 0 Å². The third-order valence-electron chi connectivity index (χ3n) is 13.9. The minimum atomic E-state index is -1.22. The number of ether oxygens (including phenoxy) is 4. The number of hydrogen-bond acceptors (Lipinski definition) is 9. The van der Waals surface area contributed by atoms with E-state index in [9.17, 15) is 4.79 Å². The van der Waals surface area contributed by atoms with Crippen LogP contribution < -0.4 is 14.8 Å². The smallest absolute Gasteiger partial charge is 0.251 e. The van der Waals surface area contributed by atoms with Crippen molar-refractivity contribution in [1.29, 1.82) is 0 Å². The third kappa shape index (κ3) is 11.3. The number of fused-ring (bicyclic) bond motifs is 6. The number of hydrogen-bond donors (Lipinski definition) is 1. The average Bonchev–Trinajstić information content (AvgIpc) is 4.32. The molecule has 0 aliphatic heterocycles. The molecule has 1 amide bonds. The predicted octanol–water partition coefficient (Wildman–Crippen LogP) is 12.7. The Hall–Kier alpha value is -7.84. The van der Waals surface area contributed by atoms with Crippen LogP contribution >= 0.6 is 0 Å². The number of aryl methyl sites for hydroxylation is 2. The van der Waals surface area contributed by atoms with Crippen LogP contribution in [-0.4, -0.2) is 92.1 Å². The van der Waals surface area contributed by atoms with Gasteiger partial charge in [0.1, 0.15) is 36.3 Å². The second-order valence-electron chi connectivity index (χ2n) is 22.0. The maximum absolute atomic E-state index is 12.5. The van der Waals surface area contributed by atoms with Crippen LogP contribution in [0.1, 0.15) is 16.1 Å². The van der Waals surface area contributed by atoms with Gasteiger partial charge in [0.2, 0.25) is 0 Å². The van der Waals surface area contributed by atoms with Crippen LogP contribution in [0.15, 0.2) is 140 Å². The Balaban J connectivity index is 0.000000175. The molecule has 0 unspecified atom stereocenters. The van der Waals surface area contributed by atoms with E-state index < -0.39 is 16.1 Å². The van der Waals surface area contributed by atoms with E-state index in [0.29, 0.717) is 31.3 Å². The Bertz CT molecular complexity index is 3880. The van der Waals surface area contributed by atoms with Gasteiger partial charge < -0.3 is 33.4 Å². The molecule has 0 spiro atoms. The first-order chi connectivity index (χ1) is 37.1. The van der Waals surface area contributed by atoms with Gasteiger partial charge in [-0.1, -0.05) is 87.8 Å². The molecule has 11 rings (SSSR count). The predicted molar refractivity (Wildman–Crippen MR) is 314 cm³/mol. The molecule has 4 aromatic carbocycles. The van der Waals surface area contributed by atoms with Crippen molar-refractivity contribution in [3.05, 3.63) is 151 Å². The highest BCUT2D eigenvalue weighted by atomic mass is 28.3. The molecule has 77 heavy (non-hydrogen) atoms. The van der Waals surface area contributed by atoms with Crippen molar-refractivity contribution >= 4 is 71.7 Å². The minimum Gasteiger partial charge on any atom is -0.497 e. The maximum Gasteiger partial charge on any atom is 0.251 e. The van der Waals surface area contributed by atoms with Crippen molar-refractivity contribution in [2.45, 2.75) is 71.4 Å². The van der Waals surface area contributed by atoms with Crippen LogP contribution in [0.2, 0.25) is 51.4 Å². The highest BCUT2D eigenvalue weighted by Gasteiger charge is 2.23. The quantitative estimate of drug-likeness (QED) is 0.0656. The first-order valence-electron chi connectivity index (χ1n) is 26.1. The highest BCUT2D eigenvalue weighted by molar-refractivity contribution is 6.76. The van der Waals surface area contributed by atoms with Gasteiger partial charge in [-0.15, -0.1) is 0 Å². The standard InChI is InChI=1S/C30H35N5O3Si.C30H33N5O2Si/c1-34-19-25(24-15-23(37-2)11-12-27(24)34)28-16-26-29(35(28)20-38-13-14-39(3,4)5)31-17-22(33-26)18-32-30(36)21-9-7-6-8-10-21;1-33-19-25(24-15-23(36-2)11-12-26(24)33)27-16-28-30(34(27)20-37-13-14-38(3,4)5)32-18-22-17-31-29(35(22)28)21-9-7-6-8-10-21/h6-12,15-17,19H,13-14,18,20H2,1-5H3,(H,32,36);6-12,15-19H,13-14,20H2,1-5H3. The van der Waals surface area contributed by atoms with Crippen molar-refractivity contribution in [2.75, 3.05) is 27.4 Å². The summed E-state index contributed by atoms with van der Waals surface area (Å²) in [4.78, 5) is 31.8. The van der Waals surface area contributed by atoms with Crippen molar-refractivity contribution in [3.8, 4) is 45.4 Å². The number of aromatic nitrogens is 9. The van der Waals surface area contributed by atoms with Crippen molar-refractivity contribution < 1.29 is 23.7 Å². The molecule has 0 saturated carbocycles. The molecular formula is C60H68N10O5Si2. The Labute approximate surface area is 451 Å². The number of carbonyl (C=O) groups is 1. The Kier molecular flexibility index (Phi) is 15.0. The molecule has 15 nitrogen and oxygen atoms in total. The fraction of sp³-hybridized carbons (Fsp3) is 0.283. The highest BCUT2D eigenvalue weighted by Crippen LogP contribution is 2.38. The summed E-state index contributed by atoms with van der Waals surface area (Å²) < 4.78 is 34.3. The zero-order valence-corrected chi connectivity index (χ0v) is 47.8. The van der Waals surface area contributed by atoms with Gasteiger partial charge >= 0.3 is 0 Å². The van der Waals surface area contributed by atoms with Gasteiger partial charge in [-0.25, -0.2) is 19.9 Å². The largest absolute Gasteiger partial charge is 0.497 e. The number of benzene rings is 4. The van der Waals surface area contributed by atoms with E-state index in [1.165, 1.54) is 0 Å². The van der Waals surface area contributed by atoms with Crippen molar-refractivity contribution in [1.82, 2.24) is 47.9 Å². The minimum absolute atomic E-state index is 0.142. The zero-order chi connectivity index (χ0) is 54.0. The van der Waals surface area contributed by atoms with E-state index in [1.54, 1.807) is 32.5 Å². The fourth-order valence-electron chi connectivity index (χ4n) is 9.64. The lowest BCUT2D eigenvalue weighted by atomic mass is 10.1. The van der Waals surface area contributed by atoms with Gasteiger partial charge in [0.25, 0.3) is 5.91 Å². The number of amides is 1. The summed E-state index contributed by atoms with van der Waals surface area (Å²) in [5, 5.41) is 5.15. The number of nitrogens with one attached hydrogen (secondary N) is 1. The molecule has 0 bridgehead atoms. The molecule has 11 aromatic rings. The molecule has 1 N–H and O–H groups in total. The lowest BCUT2D eigenvalue weighted by Gasteiger charge is -2.16. The van der Waals surface area contributed by atoms with Crippen LogP contribution in [-0.2, 0) is 43.6 Å². The molecule has 0 saturated heterocycles. The average molecular weight is 1070 g/mol. The van der Waals surface area contributed by atoms with Crippen molar-refractivity contribution in [2.24, 2.45) is 14.1 Å². The lowest BCUT2D eigenvalue weighted by Crippen LogP contribution is -2.23. The Morgan fingerprint density at radius 1 is 0.597 bits per heavy atom. The van der Waals surface area contributed by atoms with Crippen LogP contribution in [0.5, 0.6) is 11.5 Å². The molecule has 0 atom stereocenters. The van der Waals surface area contributed by atoms with E-state index in [4.69, 9.17) is 38.9 Å². The van der Waals surface area contributed by atoms with Crippen LogP contribution in [0.4, 0.5) is 0 Å². The van der Waals surface area contributed by atoms with Gasteiger partial charge in [-0.05, 0) is 72.8 Å². The van der Waals surface area contributed by atoms with Gasteiger partial charge in [0.05, 0.1) is 67.5 Å². The number of nitrogens with zero attached hydrogens (tertiary/aromatic N) is 9. The summed E-state index contributed by atoms with van der Waals surface area (Å²) in [6.45, 7) is 16.7. The molecule has 396 valence electrons. The Morgan fingerprint density at radius 3 is 1.70 bits per heavy atom. The van der Waals surface area contributed by atoms with Crippen molar-refractivity contribution in [3.63, 3.8) is 0 Å². The van der Waals surface area contributed by atoms with Crippen LogP contribution in [0, 0.1) is 0 Å². The fourth-order valence-corrected chi connectivity index (χ4v) is 11.2. The normalized spacial score (nSPS) is 12.0. The number of rotatable bonds is 18. The van der Waals surface area contributed by atoms with Crippen LogP contribution in [0.25, 0.3) is 83.6 Å². The van der Waals surface area contributed by atoms with Gasteiger partial charge in [-0.3, -0.25) is 18.3 Å². The van der Waals surface area contributed by atoms with E-state index in [0.717, 1.165) is 114 Å². The summed E-state index contributed by atoms with van der Waals surface area (Å²) in [5.41, 5.74) is 13.1. The number of carbonyl (C=O) groups excluding carboxylic acids is 1. The summed E-state index contributed by atoms with van der Waals surface area (Å²) >= 11 is 0. The van der Waals surface area contributed by atoms with Crippen LogP contribution in [0.3, 0.4) is 0 Å². The summed E-state index contributed by atoms with van der Waals surface area (Å²) in [7, 11) is 5.08. The molecule has 0 radical (unpaired) electrons. The molecule has 0 aliphatic rings. The molecule has 0 fully saturated rings. The van der Waals surface area contributed by atoms with E-state index in [1.807, 2.05) is 68.0 Å².